The molecule has 0 bridgehead atoms. The lowest BCUT2D eigenvalue weighted by atomic mass is 9.98. The molecule has 2 fully saturated rings. The molecule has 3 N–H and O–H groups in total. The largest absolute Gasteiger partial charge is 0.480 e. The Bertz CT molecular complexity index is 337. The van der Waals surface area contributed by atoms with Gasteiger partial charge in [-0.05, 0) is 38.8 Å². The van der Waals surface area contributed by atoms with E-state index in [-0.39, 0.29) is 5.91 Å². The van der Waals surface area contributed by atoms with Crippen LogP contribution in [0, 0.1) is 0 Å². The lowest BCUT2D eigenvalue weighted by Crippen LogP contribution is -2.53. The molecule has 6 heteroatoms. The summed E-state index contributed by atoms with van der Waals surface area (Å²) < 4.78 is 0. The van der Waals surface area contributed by atoms with E-state index in [0.717, 1.165) is 38.8 Å². The number of hydrogen-bond donors (Lipinski definition) is 3. The molecule has 19 heavy (non-hydrogen) atoms. The minimum atomic E-state index is -0.994. The number of carboxylic acids is 1. The molecule has 0 aromatic heterocycles. The minimum Gasteiger partial charge on any atom is -0.480 e. The summed E-state index contributed by atoms with van der Waals surface area (Å²) in [4.78, 5) is 23.3. The second kappa shape index (κ2) is 6.61. The molecule has 0 unspecified atom stereocenters. The molecule has 1 amide bonds. The van der Waals surface area contributed by atoms with Gasteiger partial charge in [0.15, 0.2) is 0 Å². The number of carbonyl (C=O) groups is 2. The molecular formula is C13H22N2O3S. The number of carboxylic acid groups (broad SMARTS) is 1. The molecule has 1 heterocycles. The van der Waals surface area contributed by atoms with Crippen molar-refractivity contribution < 1.29 is 14.7 Å². The summed E-state index contributed by atoms with van der Waals surface area (Å²) in [6.07, 6.45) is 5.06. The van der Waals surface area contributed by atoms with E-state index in [2.05, 4.69) is 10.6 Å². The second-order valence-electron chi connectivity index (χ2n) is 5.40. The molecule has 2 aliphatic rings. The molecule has 0 aromatic rings. The first-order valence-electron chi connectivity index (χ1n) is 6.99. The minimum absolute atomic E-state index is 0.132. The van der Waals surface area contributed by atoms with Gasteiger partial charge in [0.25, 0.3) is 0 Å². The third kappa shape index (κ3) is 3.86. The van der Waals surface area contributed by atoms with Crippen molar-refractivity contribution in [1.82, 2.24) is 10.6 Å². The quantitative estimate of drug-likeness (QED) is 0.702. The number of rotatable bonds is 5. The van der Waals surface area contributed by atoms with Gasteiger partial charge < -0.3 is 15.7 Å². The summed E-state index contributed by atoms with van der Waals surface area (Å²) in [5.41, 5.74) is -0.994. The smallest absolute Gasteiger partial charge is 0.329 e. The van der Waals surface area contributed by atoms with Crippen molar-refractivity contribution in [3.05, 3.63) is 0 Å². The van der Waals surface area contributed by atoms with Crippen LogP contribution in [-0.4, -0.2) is 46.6 Å². The summed E-state index contributed by atoms with van der Waals surface area (Å²) in [6, 6.07) is 0. The fourth-order valence-corrected chi connectivity index (χ4v) is 3.86. The maximum absolute atomic E-state index is 11.9. The van der Waals surface area contributed by atoms with E-state index in [9.17, 15) is 14.7 Å². The van der Waals surface area contributed by atoms with Gasteiger partial charge in [0.2, 0.25) is 5.91 Å². The van der Waals surface area contributed by atoms with Gasteiger partial charge in [-0.2, -0.15) is 0 Å². The van der Waals surface area contributed by atoms with Gasteiger partial charge >= 0.3 is 5.97 Å². The highest BCUT2D eigenvalue weighted by molar-refractivity contribution is 8.00. The lowest BCUT2D eigenvalue weighted by Gasteiger charge is -2.26. The predicted octanol–water partition coefficient (Wildman–Crippen LogP) is 0.985. The summed E-state index contributed by atoms with van der Waals surface area (Å²) in [5, 5.41) is 15.9. The normalized spacial score (nSPS) is 23.2. The van der Waals surface area contributed by atoms with Crippen LogP contribution in [-0.2, 0) is 9.59 Å². The van der Waals surface area contributed by atoms with Crippen LogP contribution in [0.25, 0.3) is 0 Å². The third-order valence-corrected chi connectivity index (χ3v) is 5.35. The first kappa shape index (κ1) is 14.7. The first-order valence-corrected chi connectivity index (χ1v) is 8.04. The molecule has 1 saturated carbocycles. The van der Waals surface area contributed by atoms with Crippen LogP contribution in [0.15, 0.2) is 0 Å². The maximum Gasteiger partial charge on any atom is 0.329 e. The Kier molecular flexibility index (Phi) is 5.10. The van der Waals surface area contributed by atoms with Gasteiger partial charge in [0, 0.05) is 5.25 Å². The average molecular weight is 286 g/mol. The number of carbonyl (C=O) groups excluding carboxylic acids is 1. The zero-order valence-corrected chi connectivity index (χ0v) is 11.9. The molecule has 0 atom stereocenters. The predicted molar refractivity (Wildman–Crippen MR) is 75.3 cm³/mol. The van der Waals surface area contributed by atoms with Gasteiger partial charge in [-0.15, -0.1) is 11.8 Å². The number of thioether (sulfide) groups is 1. The van der Waals surface area contributed by atoms with Crippen LogP contribution in [0.3, 0.4) is 0 Å². The van der Waals surface area contributed by atoms with E-state index in [1.54, 1.807) is 11.8 Å². The fourth-order valence-electron chi connectivity index (χ4n) is 2.83. The van der Waals surface area contributed by atoms with Crippen LogP contribution in [0.5, 0.6) is 0 Å². The van der Waals surface area contributed by atoms with Gasteiger partial charge in [-0.3, -0.25) is 4.79 Å². The molecule has 1 saturated heterocycles. The Labute approximate surface area is 117 Å². The Morgan fingerprint density at radius 2 is 1.89 bits per heavy atom. The van der Waals surface area contributed by atoms with Gasteiger partial charge in [-0.1, -0.05) is 12.8 Å². The average Bonchev–Trinajstić information content (AvgIpc) is 2.87. The SMILES string of the molecule is O=C(CSC1CCNCC1)NC1(C(=O)O)CCCC1. The molecule has 1 aliphatic carbocycles. The highest BCUT2D eigenvalue weighted by Gasteiger charge is 2.42. The zero-order chi connectivity index (χ0) is 13.7. The number of piperidine rings is 1. The standard InChI is InChI=1S/C13H22N2O3S/c16-11(9-19-10-3-7-14-8-4-10)15-13(12(17)18)5-1-2-6-13/h10,14H,1-9H2,(H,15,16)(H,17,18). The molecule has 1 aliphatic heterocycles. The summed E-state index contributed by atoms with van der Waals surface area (Å²) in [5.74, 6) is -0.641. The van der Waals surface area contributed by atoms with Crippen molar-refractivity contribution in [3.63, 3.8) is 0 Å². The summed E-state index contributed by atoms with van der Waals surface area (Å²) >= 11 is 1.65. The molecular weight excluding hydrogens is 264 g/mol. The molecule has 0 spiro atoms. The monoisotopic (exact) mass is 286 g/mol. The van der Waals surface area contributed by atoms with Crippen molar-refractivity contribution in [2.24, 2.45) is 0 Å². The third-order valence-electron chi connectivity index (χ3n) is 3.98. The lowest BCUT2D eigenvalue weighted by molar-refractivity contribution is -0.147. The highest BCUT2D eigenvalue weighted by atomic mass is 32.2. The molecule has 0 radical (unpaired) electrons. The number of amides is 1. The van der Waals surface area contributed by atoms with E-state index < -0.39 is 11.5 Å². The molecule has 5 nitrogen and oxygen atoms in total. The van der Waals surface area contributed by atoms with Gasteiger partial charge in [0.1, 0.15) is 5.54 Å². The van der Waals surface area contributed by atoms with Gasteiger partial charge in [0.05, 0.1) is 5.75 Å². The van der Waals surface area contributed by atoms with E-state index in [1.165, 1.54) is 0 Å². The molecule has 108 valence electrons. The Hall–Kier alpha value is -0.750. The number of nitrogens with one attached hydrogen (secondary N) is 2. The van der Waals surface area contributed by atoms with E-state index >= 15 is 0 Å². The van der Waals surface area contributed by atoms with Crippen LogP contribution < -0.4 is 10.6 Å². The molecule has 0 aromatic carbocycles. The van der Waals surface area contributed by atoms with E-state index in [1.807, 2.05) is 0 Å². The Morgan fingerprint density at radius 1 is 1.26 bits per heavy atom. The van der Waals surface area contributed by atoms with Crippen molar-refractivity contribution in [2.75, 3.05) is 18.8 Å². The fraction of sp³-hybridized carbons (Fsp3) is 0.846. The topological polar surface area (TPSA) is 78.4 Å². The number of aliphatic carboxylic acids is 1. The van der Waals surface area contributed by atoms with Crippen molar-refractivity contribution in [3.8, 4) is 0 Å². The van der Waals surface area contributed by atoms with Crippen LogP contribution in [0.2, 0.25) is 0 Å². The molecule has 2 rings (SSSR count). The van der Waals surface area contributed by atoms with Gasteiger partial charge in [-0.25, -0.2) is 4.79 Å². The van der Waals surface area contributed by atoms with Crippen molar-refractivity contribution in [2.45, 2.75) is 49.3 Å². The Balaban J connectivity index is 1.78. The van der Waals surface area contributed by atoms with Crippen molar-refractivity contribution >= 4 is 23.6 Å². The maximum atomic E-state index is 11.9. The zero-order valence-electron chi connectivity index (χ0n) is 11.1. The second-order valence-corrected chi connectivity index (χ2v) is 6.69. The van der Waals surface area contributed by atoms with Crippen molar-refractivity contribution in [1.29, 1.82) is 0 Å². The number of hydrogen-bond acceptors (Lipinski definition) is 4. The summed E-state index contributed by atoms with van der Waals surface area (Å²) in [7, 11) is 0. The van der Waals surface area contributed by atoms with Crippen LogP contribution >= 0.6 is 11.8 Å². The summed E-state index contributed by atoms with van der Waals surface area (Å²) in [6.45, 7) is 2.02. The Morgan fingerprint density at radius 3 is 2.47 bits per heavy atom. The van der Waals surface area contributed by atoms with E-state index in [4.69, 9.17) is 0 Å². The van der Waals surface area contributed by atoms with Crippen LogP contribution in [0.4, 0.5) is 0 Å². The van der Waals surface area contributed by atoms with E-state index in [0.29, 0.717) is 23.8 Å². The van der Waals surface area contributed by atoms with Crippen LogP contribution in [0.1, 0.15) is 38.5 Å². The first-order chi connectivity index (χ1) is 9.12. The highest BCUT2D eigenvalue weighted by Crippen LogP contribution is 2.30.